The lowest BCUT2D eigenvalue weighted by Gasteiger charge is -2.37. The number of nitrogens with zero attached hydrogens (tertiary/aromatic N) is 2. The van der Waals surface area contributed by atoms with Crippen LogP contribution in [-0.2, 0) is 0 Å². The normalized spacial score (nSPS) is 28.7. The zero-order valence-corrected chi connectivity index (χ0v) is 15.8. The molecule has 3 nitrogen and oxygen atoms in total. The fraction of sp³-hybridized carbons (Fsp3) is 0.773. The van der Waals surface area contributed by atoms with E-state index in [-0.39, 0.29) is 0 Å². The first-order chi connectivity index (χ1) is 12.4. The largest absolute Gasteiger partial charge is 0.371 e. The summed E-state index contributed by atoms with van der Waals surface area (Å²) < 4.78 is 0. The van der Waals surface area contributed by atoms with Gasteiger partial charge in [-0.05, 0) is 50.0 Å². The van der Waals surface area contributed by atoms with Crippen molar-refractivity contribution < 1.29 is 0 Å². The van der Waals surface area contributed by atoms with Gasteiger partial charge in [0, 0.05) is 37.1 Å². The summed E-state index contributed by atoms with van der Waals surface area (Å²) in [6.07, 6.45) is 19.0. The van der Waals surface area contributed by atoms with Crippen LogP contribution < -0.4 is 10.2 Å². The Morgan fingerprint density at radius 1 is 0.840 bits per heavy atom. The van der Waals surface area contributed by atoms with Crippen molar-refractivity contribution >= 4 is 11.5 Å². The summed E-state index contributed by atoms with van der Waals surface area (Å²) in [5, 5.41) is 3.79. The minimum Gasteiger partial charge on any atom is -0.371 e. The smallest absolute Gasteiger partial charge is 0.128 e. The first-order valence-electron chi connectivity index (χ1n) is 10.9. The Hall–Kier alpha value is -1.25. The summed E-state index contributed by atoms with van der Waals surface area (Å²) in [5.74, 6) is 3.06. The van der Waals surface area contributed by atoms with Crippen molar-refractivity contribution in [2.75, 3.05) is 23.3 Å². The standard InChI is InChI=1S/C22H35N3/c1-3-8-18(9-4-1)19-10-7-11-20(16-19)24-22-17-21(12-13-23-22)25-14-5-2-6-15-25/h12-13,17-20H,1-11,14-16H2,(H,23,24)/t19-,20-/m1/s1. The van der Waals surface area contributed by atoms with Crippen LogP contribution in [0.3, 0.4) is 0 Å². The molecule has 1 aromatic heterocycles. The molecule has 2 heterocycles. The van der Waals surface area contributed by atoms with E-state index in [2.05, 4.69) is 27.3 Å². The average Bonchev–Trinajstić information content (AvgIpc) is 2.70. The molecule has 3 heteroatoms. The Morgan fingerprint density at radius 3 is 2.44 bits per heavy atom. The van der Waals surface area contributed by atoms with E-state index in [0.29, 0.717) is 6.04 Å². The van der Waals surface area contributed by atoms with E-state index in [1.165, 1.54) is 95.8 Å². The monoisotopic (exact) mass is 341 g/mol. The van der Waals surface area contributed by atoms with E-state index >= 15 is 0 Å². The van der Waals surface area contributed by atoms with Crippen molar-refractivity contribution in [3.8, 4) is 0 Å². The maximum Gasteiger partial charge on any atom is 0.128 e. The molecule has 1 aromatic rings. The zero-order chi connectivity index (χ0) is 16.9. The van der Waals surface area contributed by atoms with E-state index in [1.807, 2.05) is 6.20 Å². The van der Waals surface area contributed by atoms with Gasteiger partial charge in [-0.2, -0.15) is 0 Å². The third kappa shape index (κ3) is 4.48. The molecule has 0 unspecified atom stereocenters. The molecular weight excluding hydrogens is 306 g/mol. The van der Waals surface area contributed by atoms with Gasteiger partial charge in [-0.25, -0.2) is 4.98 Å². The highest BCUT2D eigenvalue weighted by atomic mass is 15.1. The van der Waals surface area contributed by atoms with Crippen LogP contribution in [0.15, 0.2) is 18.3 Å². The summed E-state index contributed by atoms with van der Waals surface area (Å²) in [6.45, 7) is 2.41. The van der Waals surface area contributed by atoms with Crippen LogP contribution in [0.1, 0.15) is 77.0 Å². The van der Waals surface area contributed by atoms with Gasteiger partial charge in [0.25, 0.3) is 0 Å². The van der Waals surface area contributed by atoms with Gasteiger partial charge in [-0.15, -0.1) is 0 Å². The van der Waals surface area contributed by atoms with Gasteiger partial charge in [-0.1, -0.05) is 44.9 Å². The number of aromatic nitrogens is 1. The highest BCUT2D eigenvalue weighted by Crippen LogP contribution is 2.39. The lowest BCUT2D eigenvalue weighted by molar-refractivity contribution is 0.188. The predicted molar refractivity (Wildman–Crippen MR) is 106 cm³/mol. The van der Waals surface area contributed by atoms with Gasteiger partial charge in [-0.3, -0.25) is 0 Å². The first kappa shape index (κ1) is 17.2. The molecule has 2 aliphatic carbocycles. The van der Waals surface area contributed by atoms with E-state index in [1.54, 1.807) is 0 Å². The second kappa shape index (κ2) is 8.42. The SMILES string of the molecule is c1cc(N2CCCCC2)cc(N[C@@H]2CCC[C@@H](C3CCCCC3)C2)n1. The molecular formula is C22H35N3. The highest BCUT2D eigenvalue weighted by molar-refractivity contribution is 5.54. The molecule has 1 N–H and O–H groups in total. The fourth-order valence-corrected chi connectivity index (χ4v) is 5.45. The number of nitrogens with one attached hydrogen (secondary N) is 1. The average molecular weight is 342 g/mol. The van der Waals surface area contributed by atoms with Crippen molar-refractivity contribution in [2.45, 2.75) is 83.1 Å². The van der Waals surface area contributed by atoms with Crippen molar-refractivity contribution in [1.29, 1.82) is 0 Å². The van der Waals surface area contributed by atoms with Crippen LogP contribution >= 0.6 is 0 Å². The molecule has 0 bridgehead atoms. The minimum atomic E-state index is 0.629. The Bertz CT molecular complexity index is 532. The zero-order valence-electron chi connectivity index (χ0n) is 15.8. The third-order valence-electron chi connectivity index (χ3n) is 6.85. The second-order valence-corrected chi connectivity index (χ2v) is 8.61. The second-order valence-electron chi connectivity index (χ2n) is 8.61. The highest BCUT2D eigenvalue weighted by Gasteiger charge is 2.29. The molecule has 0 radical (unpaired) electrons. The van der Waals surface area contributed by atoms with Gasteiger partial charge in [0.2, 0.25) is 0 Å². The summed E-state index contributed by atoms with van der Waals surface area (Å²) in [6, 6.07) is 5.10. The number of pyridine rings is 1. The fourth-order valence-electron chi connectivity index (χ4n) is 5.45. The van der Waals surface area contributed by atoms with Crippen molar-refractivity contribution in [2.24, 2.45) is 11.8 Å². The van der Waals surface area contributed by atoms with E-state index < -0.39 is 0 Å². The first-order valence-corrected chi connectivity index (χ1v) is 10.9. The maximum atomic E-state index is 4.63. The Morgan fingerprint density at radius 2 is 1.60 bits per heavy atom. The molecule has 3 fully saturated rings. The molecule has 25 heavy (non-hydrogen) atoms. The van der Waals surface area contributed by atoms with Gasteiger partial charge in [0.1, 0.15) is 5.82 Å². The molecule has 2 atom stereocenters. The molecule has 0 aromatic carbocycles. The van der Waals surface area contributed by atoms with E-state index in [0.717, 1.165) is 17.7 Å². The van der Waals surface area contributed by atoms with Crippen LogP contribution in [0.5, 0.6) is 0 Å². The molecule has 2 saturated carbocycles. The Labute approximate surface area is 153 Å². The molecule has 138 valence electrons. The lowest BCUT2D eigenvalue weighted by Crippen LogP contribution is -2.32. The summed E-state index contributed by atoms with van der Waals surface area (Å²) in [4.78, 5) is 7.16. The molecule has 4 rings (SSSR count). The molecule has 0 amide bonds. The number of hydrogen-bond acceptors (Lipinski definition) is 3. The topological polar surface area (TPSA) is 28.2 Å². The maximum absolute atomic E-state index is 4.63. The van der Waals surface area contributed by atoms with Crippen LogP contribution in [0.2, 0.25) is 0 Å². The predicted octanol–water partition coefficient (Wildman–Crippen LogP) is 5.62. The van der Waals surface area contributed by atoms with E-state index in [4.69, 9.17) is 0 Å². The van der Waals surface area contributed by atoms with Crippen LogP contribution in [0, 0.1) is 11.8 Å². The minimum absolute atomic E-state index is 0.629. The summed E-state index contributed by atoms with van der Waals surface area (Å²) >= 11 is 0. The van der Waals surface area contributed by atoms with Crippen LogP contribution in [0.4, 0.5) is 11.5 Å². The van der Waals surface area contributed by atoms with Gasteiger partial charge < -0.3 is 10.2 Å². The number of anilines is 2. The molecule has 0 spiro atoms. The van der Waals surface area contributed by atoms with Gasteiger partial charge in [0.15, 0.2) is 0 Å². The Balaban J connectivity index is 1.36. The van der Waals surface area contributed by atoms with Crippen molar-refractivity contribution in [3.05, 3.63) is 18.3 Å². The van der Waals surface area contributed by atoms with Crippen molar-refractivity contribution in [1.82, 2.24) is 4.98 Å². The third-order valence-corrected chi connectivity index (χ3v) is 6.85. The van der Waals surface area contributed by atoms with Gasteiger partial charge >= 0.3 is 0 Å². The van der Waals surface area contributed by atoms with Crippen LogP contribution in [-0.4, -0.2) is 24.1 Å². The van der Waals surface area contributed by atoms with E-state index in [9.17, 15) is 0 Å². The molecule has 3 aliphatic rings. The Kier molecular flexibility index (Phi) is 5.79. The van der Waals surface area contributed by atoms with Crippen LogP contribution in [0.25, 0.3) is 0 Å². The summed E-state index contributed by atoms with van der Waals surface area (Å²) in [7, 11) is 0. The van der Waals surface area contributed by atoms with Gasteiger partial charge in [0.05, 0.1) is 0 Å². The molecule has 1 saturated heterocycles. The number of hydrogen-bond donors (Lipinski definition) is 1. The van der Waals surface area contributed by atoms with Crippen molar-refractivity contribution in [3.63, 3.8) is 0 Å². The summed E-state index contributed by atoms with van der Waals surface area (Å²) in [5.41, 5.74) is 1.36. The number of rotatable bonds is 4. The lowest BCUT2D eigenvalue weighted by atomic mass is 9.72. The molecule has 1 aliphatic heterocycles. The quantitative estimate of drug-likeness (QED) is 0.770. The number of piperidine rings is 1.